The van der Waals surface area contributed by atoms with Crippen LogP contribution in [0.5, 0.6) is 0 Å². The molecule has 0 aliphatic carbocycles. The SMILES string of the molecule is CCCCN(C(=O)CSc1ccc(NC(C)=O)cc1)c1ccccc1. The monoisotopic (exact) mass is 356 g/mol. The molecule has 0 fully saturated rings. The lowest BCUT2D eigenvalue weighted by molar-refractivity contribution is -0.116. The Hall–Kier alpha value is -2.27. The summed E-state index contributed by atoms with van der Waals surface area (Å²) in [6.07, 6.45) is 2.03. The zero-order valence-corrected chi connectivity index (χ0v) is 15.5. The van der Waals surface area contributed by atoms with Crippen molar-refractivity contribution in [2.45, 2.75) is 31.6 Å². The van der Waals surface area contributed by atoms with Crippen molar-refractivity contribution >= 4 is 35.0 Å². The minimum atomic E-state index is -0.0926. The molecule has 1 N–H and O–H groups in total. The number of hydrogen-bond donors (Lipinski definition) is 1. The summed E-state index contributed by atoms with van der Waals surface area (Å²) < 4.78 is 0. The molecule has 2 amide bonds. The Balaban J connectivity index is 1.97. The van der Waals surface area contributed by atoms with Crippen LogP contribution in [0, 0.1) is 0 Å². The molecule has 0 spiro atoms. The highest BCUT2D eigenvalue weighted by Crippen LogP contribution is 2.22. The maximum absolute atomic E-state index is 12.7. The number of rotatable bonds is 8. The van der Waals surface area contributed by atoms with Crippen LogP contribution in [0.3, 0.4) is 0 Å². The predicted octanol–water partition coefficient (Wildman–Crippen LogP) is 4.57. The van der Waals surface area contributed by atoms with Gasteiger partial charge in [0.25, 0.3) is 0 Å². The van der Waals surface area contributed by atoms with Crippen LogP contribution in [0.25, 0.3) is 0 Å². The molecular weight excluding hydrogens is 332 g/mol. The lowest BCUT2D eigenvalue weighted by Crippen LogP contribution is -2.33. The second-order valence-corrected chi connectivity index (χ2v) is 6.78. The molecule has 0 atom stereocenters. The maximum atomic E-state index is 12.7. The number of nitrogens with zero attached hydrogens (tertiary/aromatic N) is 1. The molecule has 0 heterocycles. The van der Waals surface area contributed by atoms with E-state index >= 15 is 0 Å². The van der Waals surface area contributed by atoms with E-state index in [1.807, 2.05) is 59.5 Å². The Morgan fingerprint density at radius 3 is 2.32 bits per heavy atom. The van der Waals surface area contributed by atoms with Crippen molar-refractivity contribution in [3.63, 3.8) is 0 Å². The van der Waals surface area contributed by atoms with Crippen molar-refractivity contribution in [2.75, 3.05) is 22.5 Å². The van der Waals surface area contributed by atoms with E-state index in [1.54, 1.807) is 0 Å². The van der Waals surface area contributed by atoms with E-state index < -0.39 is 0 Å². The number of thioether (sulfide) groups is 1. The third kappa shape index (κ3) is 6.27. The lowest BCUT2D eigenvalue weighted by atomic mass is 10.2. The summed E-state index contributed by atoms with van der Waals surface area (Å²) in [4.78, 5) is 26.6. The zero-order chi connectivity index (χ0) is 18.1. The number of carbonyl (C=O) groups excluding carboxylic acids is 2. The number of carbonyl (C=O) groups is 2. The highest BCUT2D eigenvalue weighted by Gasteiger charge is 2.15. The Kier molecular flexibility index (Phi) is 7.54. The molecule has 0 unspecified atom stereocenters. The van der Waals surface area contributed by atoms with Crippen LogP contribution in [0.4, 0.5) is 11.4 Å². The first-order valence-electron chi connectivity index (χ1n) is 8.46. The molecular formula is C20H24N2O2S. The highest BCUT2D eigenvalue weighted by molar-refractivity contribution is 8.00. The zero-order valence-electron chi connectivity index (χ0n) is 14.7. The van der Waals surface area contributed by atoms with E-state index in [4.69, 9.17) is 0 Å². The largest absolute Gasteiger partial charge is 0.326 e. The van der Waals surface area contributed by atoms with Gasteiger partial charge in [0.05, 0.1) is 5.75 Å². The molecule has 4 nitrogen and oxygen atoms in total. The summed E-state index contributed by atoms with van der Waals surface area (Å²) in [5.74, 6) is 0.401. The number of para-hydroxylation sites is 1. The van der Waals surface area contributed by atoms with Gasteiger partial charge in [-0.2, -0.15) is 0 Å². The van der Waals surface area contributed by atoms with E-state index in [1.165, 1.54) is 18.7 Å². The van der Waals surface area contributed by atoms with E-state index in [0.29, 0.717) is 5.75 Å². The third-order valence-corrected chi connectivity index (χ3v) is 4.64. The van der Waals surface area contributed by atoms with Crippen LogP contribution in [-0.2, 0) is 9.59 Å². The van der Waals surface area contributed by atoms with Gasteiger partial charge in [-0.1, -0.05) is 31.5 Å². The molecule has 0 radical (unpaired) electrons. The highest BCUT2D eigenvalue weighted by atomic mass is 32.2. The Bertz CT molecular complexity index is 687. The van der Waals surface area contributed by atoms with Crippen LogP contribution >= 0.6 is 11.8 Å². The molecule has 0 bridgehead atoms. The van der Waals surface area contributed by atoms with Gasteiger partial charge < -0.3 is 10.2 Å². The average Bonchev–Trinajstić information content (AvgIpc) is 2.62. The van der Waals surface area contributed by atoms with Gasteiger partial charge in [0.1, 0.15) is 0 Å². The van der Waals surface area contributed by atoms with E-state index in [2.05, 4.69) is 12.2 Å². The van der Waals surface area contributed by atoms with Gasteiger partial charge >= 0.3 is 0 Å². The van der Waals surface area contributed by atoms with Crippen molar-refractivity contribution in [3.05, 3.63) is 54.6 Å². The first kappa shape index (κ1) is 19.1. The quantitative estimate of drug-likeness (QED) is 0.705. The maximum Gasteiger partial charge on any atom is 0.237 e. The number of anilines is 2. The fraction of sp³-hybridized carbons (Fsp3) is 0.300. The molecule has 0 aliphatic heterocycles. The van der Waals surface area contributed by atoms with Gasteiger partial charge in [0.15, 0.2) is 0 Å². The summed E-state index contributed by atoms with van der Waals surface area (Å²) in [5.41, 5.74) is 1.71. The molecule has 0 aliphatic rings. The van der Waals surface area contributed by atoms with E-state index in [9.17, 15) is 9.59 Å². The van der Waals surface area contributed by atoms with E-state index in [0.717, 1.165) is 35.7 Å². The fourth-order valence-corrected chi connectivity index (χ4v) is 3.16. The molecule has 2 aromatic carbocycles. The summed E-state index contributed by atoms with van der Waals surface area (Å²) in [6.45, 7) is 4.34. The molecule has 25 heavy (non-hydrogen) atoms. The topological polar surface area (TPSA) is 49.4 Å². The molecule has 2 aromatic rings. The summed E-state index contributed by atoms with van der Waals surface area (Å²) in [5, 5.41) is 2.74. The van der Waals surface area contributed by atoms with Gasteiger partial charge in [-0.05, 0) is 42.8 Å². The molecule has 0 saturated carbocycles. The fourth-order valence-electron chi connectivity index (χ4n) is 2.38. The summed E-state index contributed by atoms with van der Waals surface area (Å²) >= 11 is 1.51. The molecule has 5 heteroatoms. The second-order valence-electron chi connectivity index (χ2n) is 5.73. The van der Waals surface area contributed by atoms with Crippen molar-refractivity contribution in [1.82, 2.24) is 0 Å². The number of nitrogens with one attached hydrogen (secondary N) is 1. The van der Waals surface area contributed by atoms with Crippen LogP contribution in [-0.4, -0.2) is 24.1 Å². The predicted molar refractivity (Wildman–Crippen MR) is 105 cm³/mol. The Morgan fingerprint density at radius 2 is 1.72 bits per heavy atom. The van der Waals surface area contributed by atoms with Crippen LogP contribution in [0.1, 0.15) is 26.7 Å². The standard InChI is InChI=1S/C20H24N2O2S/c1-3-4-14-22(18-8-6-5-7-9-18)20(24)15-25-19-12-10-17(11-13-19)21-16(2)23/h5-13H,3-4,14-15H2,1-2H3,(H,21,23). The number of amides is 2. The first-order chi connectivity index (χ1) is 12.1. The van der Waals surface area contributed by atoms with Gasteiger partial charge in [-0.15, -0.1) is 11.8 Å². The Morgan fingerprint density at radius 1 is 1.04 bits per heavy atom. The van der Waals surface area contributed by atoms with Gasteiger partial charge in [0.2, 0.25) is 11.8 Å². The van der Waals surface area contributed by atoms with Crippen LogP contribution in [0.2, 0.25) is 0 Å². The first-order valence-corrected chi connectivity index (χ1v) is 9.44. The second kappa shape index (κ2) is 9.89. The number of hydrogen-bond acceptors (Lipinski definition) is 3. The van der Waals surface area contributed by atoms with Crippen molar-refractivity contribution in [1.29, 1.82) is 0 Å². The van der Waals surface area contributed by atoms with Crippen molar-refractivity contribution < 1.29 is 9.59 Å². The molecule has 0 saturated heterocycles. The normalized spacial score (nSPS) is 10.3. The van der Waals surface area contributed by atoms with Crippen molar-refractivity contribution in [3.8, 4) is 0 Å². The number of unbranched alkanes of at least 4 members (excludes halogenated alkanes) is 1. The van der Waals surface area contributed by atoms with E-state index in [-0.39, 0.29) is 11.8 Å². The van der Waals surface area contributed by atoms with Crippen molar-refractivity contribution in [2.24, 2.45) is 0 Å². The smallest absolute Gasteiger partial charge is 0.237 e. The third-order valence-electron chi connectivity index (χ3n) is 3.64. The van der Waals surface area contributed by atoms with Gasteiger partial charge in [-0.3, -0.25) is 9.59 Å². The van der Waals surface area contributed by atoms with Gasteiger partial charge in [0, 0.05) is 29.7 Å². The van der Waals surface area contributed by atoms with Crippen LogP contribution in [0.15, 0.2) is 59.5 Å². The molecule has 0 aromatic heterocycles. The minimum absolute atomic E-state index is 0.0926. The molecule has 2 rings (SSSR count). The Labute approximate surface area is 153 Å². The lowest BCUT2D eigenvalue weighted by Gasteiger charge is -2.22. The summed E-state index contributed by atoms with van der Waals surface area (Å²) in [7, 11) is 0. The summed E-state index contributed by atoms with van der Waals surface area (Å²) in [6, 6.07) is 17.3. The number of benzene rings is 2. The van der Waals surface area contributed by atoms with Crippen LogP contribution < -0.4 is 10.2 Å². The minimum Gasteiger partial charge on any atom is -0.326 e. The van der Waals surface area contributed by atoms with Gasteiger partial charge in [-0.25, -0.2) is 0 Å². The molecule has 132 valence electrons. The average molecular weight is 356 g/mol.